The van der Waals surface area contributed by atoms with E-state index in [-0.39, 0.29) is 35.9 Å². The molecule has 0 radical (unpaired) electrons. The number of halogens is 2. The fourth-order valence-corrected chi connectivity index (χ4v) is 3.12. The molecule has 0 aliphatic carbocycles. The van der Waals surface area contributed by atoms with Crippen molar-refractivity contribution in [2.45, 2.75) is 39.3 Å². The van der Waals surface area contributed by atoms with Gasteiger partial charge in [-0.25, -0.2) is 4.99 Å². The molecule has 134 valence electrons. The molecule has 1 heterocycles. The summed E-state index contributed by atoms with van der Waals surface area (Å²) >= 11 is 3.48. The summed E-state index contributed by atoms with van der Waals surface area (Å²) in [7, 11) is 1.85. The molecule has 5 nitrogen and oxygen atoms in total. The first-order chi connectivity index (χ1) is 11.0. The van der Waals surface area contributed by atoms with Gasteiger partial charge in [0, 0.05) is 37.1 Å². The molecule has 1 aromatic carbocycles. The Balaban J connectivity index is 0.00000288. The van der Waals surface area contributed by atoms with Crippen molar-refractivity contribution < 1.29 is 4.79 Å². The number of carbonyl (C=O) groups excluding carboxylic acids is 1. The lowest BCUT2D eigenvalue weighted by atomic mass is 10.1. The van der Waals surface area contributed by atoms with Crippen LogP contribution in [0.15, 0.2) is 27.7 Å². The molecule has 1 aliphatic heterocycles. The molecule has 7 heteroatoms. The van der Waals surface area contributed by atoms with Crippen LogP contribution in [-0.4, -0.2) is 42.9 Å². The number of piperidine rings is 1. The van der Waals surface area contributed by atoms with Crippen LogP contribution in [0, 0.1) is 6.92 Å². The van der Waals surface area contributed by atoms with Crippen molar-refractivity contribution in [3.8, 4) is 0 Å². The molecule has 24 heavy (non-hydrogen) atoms. The molecule has 0 spiro atoms. The highest BCUT2D eigenvalue weighted by Gasteiger charge is 2.23. The predicted molar refractivity (Wildman–Crippen MR) is 113 cm³/mol. The topological polar surface area (TPSA) is 56.7 Å². The number of nitrogens with zero attached hydrogens (tertiary/aromatic N) is 2. The van der Waals surface area contributed by atoms with E-state index in [2.05, 4.69) is 57.5 Å². The van der Waals surface area contributed by atoms with Crippen LogP contribution in [-0.2, 0) is 11.3 Å². The van der Waals surface area contributed by atoms with Gasteiger partial charge in [-0.15, -0.1) is 24.0 Å². The van der Waals surface area contributed by atoms with Crippen molar-refractivity contribution in [1.29, 1.82) is 0 Å². The maximum atomic E-state index is 11.6. The quantitative estimate of drug-likeness (QED) is 0.373. The van der Waals surface area contributed by atoms with Gasteiger partial charge in [-0.1, -0.05) is 22.0 Å². The highest BCUT2D eigenvalue weighted by Crippen LogP contribution is 2.16. The molecule has 0 aromatic heterocycles. The standard InChI is InChI=1S/C17H25BrN4O.HI/c1-4-19-17(21-15-7-8-16(23)22(3)11-15)20-10-13-5-6-14(18)9-12(13)2;/h5-6,9,15H,4,7-8,10-11H2,1-3H3,(H2,19,20,21);1H. The SMILES string of the molecule is CCNC(=NCc1ccc(Br)cc1C)NC1CCC(=O)N(C)C1.I. The third-order valence-electron chi connectivity index (χ3n) is 4.02. The van der Waals surface area contributed by atoms with Crippen LogP contribution in [0.2, 0.25) is 0 Å². The summed E-state index contributed by atoms with van der Waals surface area (Å²) in [6.07, 6.45) is 1.45. The molecular weight excluding hydrogens is 483 g/mol. The number of benzene rings is 1. The zero-order chi connectivity index (χ0) is 16.8. The Morgan fingerprint density at radius 2 is 2.21 bits per heavy atom. The monoisotopic (exact) mass is 508 g/mol. The average Bonchev–Trinajstić information content (AvgIpc) is 2.50. The summed E-state index contributed by atoms with van der Waals surface area (Å²) in [6.45, 7) is 6.32. The molecule has 0 saturated carbocycles. The van der Waals surface area contributed by atoms with Crippen LogP contribution in [0.4, 0.5) is 0 Å². The Labute approximate surface area is 169 Å². The Morgan fingerprint density at radius 1 is 1.46 bits per heavy atom. The number of likely N-dealkylation sites (N-methyl/N-ethyl adjacent to an activating group) is 1. The minimum absolute atomic E-state index is 0. The zero-order valence-corrected chi connectivity index (χ0v) is 18.4. The summed E-state index contributed by atoms with van der Waals surface area (Å²) < 4.78 is 1.09. The van der Waals surface area contributed by atoms with E-state index in [0.717, 1.165) is 29.9 Å². The van der Waals surface area contributed by atoms with Gasteiger partial charge in [-0.05, 0) is 43.5 Å². The number of guanidine groups is 1. The number of amides is 1. The van der Waals surface area contributed by atoms with Crippen molar-refractivity contribution in [3.63, 3.8) is 0 Å². The summed E-state index contributed by atoms with van der Waals surface area (Å²) in [4.78, 5) is 18.0. The number of aryl methyl sites for hydroxylation is 1. The van der Waals surface area contributed by atoms with E-state index in [9.17, 15) is 4.79 Å². The molecule has 1 aromatic rings. The minimum Gasteiger partial charge on any atom is -0.357 e. The maximum absolute atomic E-state index is 11.6. The first-order valence-electron chi connectivity index (χ1n) is 8.03. The summed E-state index contributed by atoms with van der Waals surface area (Å²) in [5.41, 5.74) is 2.43. The normalized spacial score (nSPS) is 18.2. The second kappa shape index (κ2) is 10.2. The van der Waals surface area contributed by atoms with E-state index in [4.69, 9.17) is 0 Å². The van der Waals surface area contributed by atoms with E-state index in [1.54, 1.807) is 4.90 Å². The Bertz CT molecular complexity index is 594. The summed E-state index contributed by atoms with van der Waals surface area (Å²) in [6, 6.07) is 6.49. The van der Waals surface area contributed by atoms with Crippen LogP contribution in [0.25, 0.3) is 0 Å². The summed E-state index contributed by atoms with van der Waals surface area (Å²) in [5, 5.41) is 6.73. The van der Waals surface area contributed by atoms with Gasteiger partial charge < -0.3 is 15.5 Å². The second-order valence-electron chi connectivity index (χ2n) is 5.92. The van der Waals surface area contributed by atoms with Crippen molar-refractivity contribution in [2.75, 3.05) is 20.1 Å². The molecule has 2 N–H and O–H groups in total. The molecule has 2 rings (SSSR count). The van der Waals surface area contributed by atoms with Gasteiger partial charge in [0.1, 0.15) is 0 Å². The second-order valence-corrected chi connectivity index (χ2v) is 6.84. The maximum Gasteiger partial charge on any atom is 0.222 e. The van der Waals surface area contributed by atoms with Crippen LogP contribution in [0.5, 0.6) is 0 Å². The van der Waals surface area contributed by atoms with E-state index in [0.29, 0.717) is 13.0 Å². The first kappa shape index (κ1) is 21.2. The minimum atomic E-state index is 0. The van der Waals surface area contributed by atoms with Crippen molar-refractivity contribution in [3.05, 3.63) is 33.8 Å². The first-order valence-corrected chi connectivity index (χ1v) is 8.82. The van der Waals surface area contributed by atoms with E-state index < -0.39 is 0 Å². The number of rotatable bonds is 4. The lowest BCUT2D eigenvalue weighted by Gasteiger charge is -2.31. The molecule has 1 saturated heterocycles. The molecule has 0 bridgehead atoms. The number of hydrogen-bond donors (Lipinski definition) is 2. The van der Waals surface area contributed by atoms with Crippen LogP contribution in [0.1, 0.15) is 30.9 Å². The lowest BCUT2D eigenvalue weighted by Crippen LogP contribution is -2.51. The number of aliphatic imine (C=N–C) groups is 1. The molecule has 1 fully saturated rings. The molecular formula is C17H26BrIN4O. The highest BCUT2D eigenvalue weighted by molar-refractivity contribution is 14.0. The van der Waals surface area contributed by atoms with Gasteiger partial charge in [0.25, 0.3) is 0 Å². The Kier molecular flexibility index (Phi) is 9.04. The number of likely N-dealkylation sites (tertiary alicyclic amines) is 1. The van der Waals surface area contributed by atoms with Gasteiger partial charge >= 0.3 is 0 Å². The average molecular weight is 509 g/mol. The molecule has 1 unspecified atom stereocenters. The Morgan fingerprint density at radius 3 is 2.83 bits per heavy atom. The predicted octanol–water partition coefficient (Wildman–Crippen LogP) is 3.05. The molecule has 1 atom stereocenters. The summed E-state index contributed by atoms with van der Waals surface area (Å²) in [5.74, 6) is 1.03. The van der Waals surface area contributed by atoms with Crippen LogP contribution < -0.4 is 10.6 Å². The van der Waals surface area contributed by atoms with Gasteiger partial charge in [-0.2, -0.15) is 0 Å². The van der Waals surface area contributed by atoms with Gasteiger partial charge in [0.15, 0.2) is 5.96 Å². The number of carbonyl (C=O) groups is 1. The fourth-order valence-electron chi connectivity index (χ4n) is 2.64. The zero-order valence-electron chi connectivity index (χ0n) is 14.4. The largest absolute Gasteiger partial charge is 0.357 e. The number of hydrogen-bond acceptors (Lipinski definition) is 2. The number of nitrogens with one attached hydrogen (secondary N) is 2. The van der Waals surface area contributed by atoms with Gasteiger partial charge in [0.05, 0.1) is 6.54 Å². The third kappa shape index (κ3) is 6.23. The molecule has 1 aliphatic rings. The highest BCUT2D eigenvalue weighted by atomic mass is 127. The van der Waals surface area contributed by atoms with Crippen LogP contribution >= 0.6 is 39.9 Å². The Hall–Kier alpha value is -0.830. The molecule has 1 amide bonds. The van der Waals surface area contributed by atoms with E-state index >= 15 is 0 Å². The van der Waals surface area contributed by atoms with E-state index in [1.807, 2.05) is 13.1 Å². The van der Waals surface area contributed by atoms with Gasteiger partial charge in [-0.3, -0.25) is 4.79 Å². The van der Waals surface area contributed by atoms with Crippen molar-refractivity contribution >= 4 is 51.8 Å². The smallest absolute Gasteiger partial charge is 0.222 e. The van der Waals surface area contributed by atoms with E-state index in [1.165, 1.54) is 11.1 Å². The van der Waals surface area contributed by atoms with Crippen molar-refractivity contribution in [2.24, 2.45) is 4.99 Å². The van der Waals surface area contributed by atoms with Crippen molar-refractivity contribution in [1.82, 2.24) is 15.5 Å². The van der Waals surface area contributed by atoms with Crippen LogP contribution in [0.3, 0.4) is 0 Å². The lowest BCUT2D eigenvalue weighted by molar-refractivity contribution is -0.132. The van der Waals surface area contributed by atoms with Gasteiger partial charge in [0.2, 0.25) is 5.91 Å². The fraction of sp³-hybridized carbons (Fsp3) is 0.529. The third-order valence-corrected chi connectivity index (χ3v) is 4.52.